The first-order chi connectivity index (χ1) is 10.7. The minimum atomic E-state index is -4.53. The summed E-state index contributed by atoms with van der Waals surface area (Å²) in [5.74, 6) is 0. The molecule has 0 bridgehead atoms. The molecule has 8 heteroatoms. The van der Waals surface area contributed by atoms with Crippen LogP contribution in [0.4, 0.5) is 13.2 Å². The molecule has 0 spiro atoms. The van der Waals surface area contributed by atoms with Crippen molar-refractivity contribution in [2.24, 2.45) is 0 Å². The van der Waals surface area contributed by atoms with Crippen LogP contribution in [0.3, 0.4) is 0 Å². The van der Waals surface area contributed by atoms with E-state index < -0.39 is 11.7 Å². The summed E-state index contributed by atoms with van der Waals surface area (Å²) in [6.45, 7) is 1.84. The lowest BCUT2D eigenvalue weighted by Gasteiger charge is -2.13. The molecule has 0 amide bonds. The first-order valence-corrected chi connectivity index (χ1v) is 7.53. The molecule has 0 saturated carbocycles. The Balaban J connectivity index is 2.26. The molecular formula is C15H8Cl3F3N2. The van der Waals surface area contributed by atoms with Crippen LogP contribution >= 0.6 is 34.8 Å². The third-order valence-corrected chi connectivity index (χ3v) is 4.51. The molecule has 23 heavy (non-hydrogen) atoms. The van der Waals surface area contributed by atoms with Gasteiger partial charge < -0.3 is 0 Å². The van der Waals surface area contributed by atoms with Crippen LogP contribution < -0.4 is 0 Å². The molecule has 1 heterocycles. The Labute approximate surface area is 144 Å². The Bertz CT molecular complexity index is 893. The monoisotopic (exact) mass is 378 g/mol. The smallest absolute Gasteiger partial charge is 0.230 e. The van der Waals surface area contributed by atoms with Crippen molar-refractivity contribution in [1.82, 2.24) is 9.78 Å². The minimum Gasteiger partial charge on any atom is -0.230 e. The van der Waals surface area contributed by atoms with Crippen LogP contribution in [0.5, 0.6) is 0 Å². The number of halogens is 6. The van der Waals surface area contributed by atoms with Gasteiger partial charge >= 0.3 is 6.18 Å². The number of alkyl halides is 3. The molecule has 3 rings (SSSR count). The molecule has 0 radical (unpaired) electrons. The zero-order valence-corrected chi connectivity index (χ0v) is 13.8. The fraction of sp³-hybridized carbons (Fsp3) is 0.133. The van der Waals surface area contributed by atoms with Crippen LogP contribution in [0.15, 0.2) is 30.5 Å². The highest BCUT2D eigenvalue weighted by Crippen LogP contribution is 2.39. The Morgan fingerprint density at radius 3 is 2.22 bits per heavy atom. The highest BCUT2D eigenvalue weighted by Gasteiger charge is 2.32. The van der Waals surface area contributed by atoms with Gasteiger partial charge in [0, 0.05) is 5.39 Å². The maximum Gasteiger partial charge on any atom is 0.416 e. The van der Waals surface area contributed by atoms with Gasteiger partial charge in [-0.1, -0.05) is 40.9 Å². The van der Waals surface area contributed by atoms with E-state index in [-0.39, 0.29) is 15.7 Å². The quantitative estimate of drug-likeness (QED) is 0.484. The number of fused-ring (bicyclic) bond motifs is 1. The van der Waals surface area contributed by atoms with Crippen LogP contribution in [-0.4, -0.2) is 9.78 Å². The largest absolute Gasteiger partial charge is 0.416 e. The van der Waals surface area contributed by atoms with Gasteiger partial charge in [0.15, 0.2) is 0 Å². The topological polar surface area (TPSA) is 17.8 Å². The van der Waals surface area contributed by atoms with Crippen molar-refractivity contribution < 1.29 is 13.2 Å². The van der Waals surface area contributed by atoms with E-state index in [1.807, 2.05) is 6.92 Å². The van der Waals surface area contributed by atoms with E-state index in [9.17, 15) is 13.2 Å². The summed E-state index contributed by atoms with van der Waals surface area (Å²) < 4.78 is 39.8. The number of aryl methyl sites for hydroxylation is 1. The predicted octanol–water partition coefficient (Wildman–Crippen LogP) is 6.31. The fourth-order valence-corrected chi connectivity index (χ4v) is 3.14. The van der Waals surface area contributed by atoms with Gasteiger partial charge in [0.1, 0.15) is 5.69 Å². The second-order valence-corrected chi connectivity index (χ2v) is 6.16. The summed E-state index contributed by atoms with van der Waals surface area (Å²) in [4.78, 5) is 0. The molecule has 0 fully saturated rings. The molecule has 1 aromatic heterocycles. The third kappa shape index (κ3) is 2.77. The van der Waals surface area contributed by atoms with Crippen LogP contribution in [0.2, 0.25) is 15.1 Å². The molecule has 3 aromatic rings. The minimum absolute atomic E-state index is 0.147. The Kier molecular flexibility index (Phi) is 3.99. The van der Waals surface area contributed by atoms with Crippen molar-refractivity contribution in [3.05, 3.63) is 56.7 Å². The van der Waals surface area contributed by atoms with E-state index in [1.165, 1.54) is 10.9 Å². The summed E-state index contributed by atoms with van der Waals surface area (Å²) >= 11 is 18.3. The van der Waals surface area contributed by atoms with Crippen molar-refractivity contribution in [3.8, 4) is 5.69 Å². The second kappa shape index (κ2) is 5.58. The molecule has 0 aliphatic rings. The maximum absolute atomic E-state index is 12.8. The maximum atomic E-state index is 12.8. The van der Waals surface area contributed by atoms with E-state index >= 15 is 0 Å². The Hall–Kier alpha value is -1.43. The highest BCUT2D eigenvalue weighted by atomic mass is 35.5. The molecule has 0 saturated heterocycles. The van der Waals surface area contributed by atoms with E-state index in [1.54, 1.807) is 12.1 Å². The van der Waals surface area contributed by atoms with Crippen LogP contribution in [0, 0.1) is 6.92 Å². The van der Waals surface area contributed by atoms with Gasteiger partial charge in [-0.3, -0.25) is 0 Å². The number of rotatable bonds is 1. The van der Waals surface area contributed by atoms with E-state index in [2.05, 4.69) is 5.10 Å². The molecule has 0 aliphatic carbocycles. The van der Waals surface area contributed by atoms with Gasteiger partial charge in [0.05, 0.1) is 32.3 Å². The predicted molar refractivity (Wildman–Crippen MR) is 85.8 cm³/mol. The van der Waals surface area contributed by atoms with Crippen LogP contribution in [0.25, 0.3) is 16.6 Å². The number of hydrogen-bond acceptors (Lipinski definition) is 1. The molecule has 0 N–H and O–H groups in total. The molecular weight excluding hydrogens is 372 g/mol. The first-order valence-electron chi connectivity index (χ1n) is 6.39. The lowest BCUT2D eigenvalue weighted by Crippen LogP contribution is -2.07. The number of nitrogens with zero attached hydrogens (tertiary/aromatic N) is 2. The normalized spacial score (nSPS) is 12.1. The number of benzene rings is 2. The Morgan fingerprint density at radius 1 is 1.04 bits per heavy atom. The lowest BCUT2D eigenvalue weighted by molar-refractivity contribution is -0.137. The molecule has 0 aliphatic heterocycles. The second-order valence-electron chi connectivity index (χ2n) is 4.97. The van der Waals surface area contributed by atoms with Gasteiger partial charge in [0.25, 0.3) is 0 Å². The average Bonchev–Trinajstić information content (AvgIpc) is 2.86. The average molecular weight is 380 g/mol. The van der Waals surface area contributed by atoms with Crippen molar-refractivity contribution in [3.63, 3.8) is 0 Å². The van der Waals surface area contributed by atoms with E-state index in [4.69, 9.17) is 34.8 Å². The Morgan fingerprint density at radius 2 is 1.65 bits per heavy atom. The van der Waals surface area contributed by atoms with Gasteiger partial charge in [-0.05, 0) is 30.7 Å². The fourth-order valence-electron chi connectivity index (χ4n) is 2.29. The third-order valence-electron chi connectivity index (χ3n) is 3.44. The highest BCUT2D eigenvalue weighted by molar-refractivity contribution is 6.38. The van der Waals surface area contributed by atoms with Crippen molar-refractivity contribution >= 4 is 45.7 Å². The van der Waals surface area contributed by atoms with Crippen molar-refractivity contribution in [2.75, 3.05) is 0 Å². The molecule has 2 aromatic carbocycles. The molecule has 0 atom stereocenters. The summed E-state index contributed by atoms with van der Waals surface area (Å²) in [6.07, 6.45) is -3.01. The van der Waals surface area contributed by atoms with E-state index in [0.29, 0.717) is 15.9 Å². The lowest BCUT2D eigenvalue weighted by atomic mass is 10.1. The summed E-state index contributed by atoms with van der Waals surface area (Å²) in [7, 11) is 0. The molecule has 2 nitrogen and oxygen atoms in total. The van der Waals surface area contributed by atoms with Gasteiger partial charge in [-0.2, -0.15) is 18.3 Å². The standard InChI is InChI=1S/C15H8Cl3F3N2/c1-7-2-3-12-9(13(7)18)6-22-23(12)14-10(16)4-8(5-11(14)17)15(19,20)21/h2-6H,1H3. The van der Waals surface area contributed by atoms with Crippen molar-refractivity contribution in [2.45, 2.75) is 13.1 Å². The van der Waals surface area contributed by atoms with Gasteiger partial charge in [-0.15, -0.1) is 0 Å². The summed E-state index contributed by atoms with van der Waals surface area (Å²) in [5.41, 5.74) is 0.727. The number of hydrogen-bond donors (Lipinski definition) is 0. The summed E-state index contributed by atoms with van der Waals surface area (Å²) in [5, 5.41) is 5.06. The number of aromatic nitrogens is 2. The van der Waals surface area contributed by atoms with E-state index in [0.717, 1.165) is 17.7 Å². The molecule has 120 valence electrons. The first kappa shape index (κ1) is 16.4. The SMILES string of the molecule is Cc1ccc2c(cnn2-c2c(Cl)cc(C(F)(F)F)cc2Cl)c1Cl. The van der Waals surface area contributed by atoms with Crippen LogP contribution in [-0.2, 0) is 6.18 Å². The zero-order valence-electron chi connectivity index (χ0n) is 11.5. The van der Waals surface area contributed by atoms with Crippen molar-refractivity contribution in [1.29, 1.82) is 0 Å². The zero-order chi connectivity index (χ0) is 16.9. The van der Waals surface area contributed by atoms with Crippen LogP contribution in [0.1, 0.15) is 11.1 Å². The van der Waals surface area contributed by atoms with Gasteiger partial charge in [-0.25, -0.2) is 4.68 Å². The summed E-state index contributed by atoms with van der Waals surface area (Å²) in [6, 6.07) is 5.20. The van der Waals surface area contributed by atoms with Gasteiger partial charge in [0.2, 0.25) is 0 Å². The molecule has 0 unspecified atom stereocenters.